The predicted molar refractivity (Wildman–Crippen MR) is 67.7 cm³/mol. The molecule has 0 aromatic carbocycles. The normalized spacial score (nSPS) is 11.7. The third-order valence-corrected chi connectivity index (χ3v) is 2.76. The summed E-state index contributed by atoms with van der Waals surface area (Å²) in [7, 11) is 1.70. The Kier molecular flexibility index (Phi) is 3.91. The lowest BCUT2D eigenvalue weighted by atomic mass is 10.1. The maximum absolute atomic E-state index is 12.6. The summed E-state index contributed by atoms with van der Waals surface area (Å²) >= 11 is 0. The Morgan fingerprint density at radius 3 is 2.60 bits per heavy atom. The molecule has 0 aliphatic heterocycles. The van der Waals surface area contributed by atoms with E-state index in [-0.39, 0.29) is 0 Å². The Hall–Kier alpha value is -2.12. The lowest BCUT2D eigenvalue weighted by Gasteiger charge is -2.11. The lowest BCUT2D eigenvalue weighted by Crippen LogP contribution is -2.11. The van der Waals surface area contributed by atoms with Gasteiger partial charge in [-0.2, -0.15) is 18.3 Å². The van der Waals surface area contributed by atoms with E-state index in [1.165, 1.54) is 12.5 Å². The molecule has 0 atom stereocenters. The largest absolute Gasteiger partial charge is 0.435 e. The number of aromatic nitrogens is 4. The van der Waals surface area contributed by atoms with Crippen LogP contribution in [0.2, 0.25) is 0 Å². The van der Waals surface area contributed by atoms with E-state index in [9.17, 15) is 13.2 Å². The van der Waals surface area contributed by atoms with Gasteiger partial charge in [0.25, 0.3) is 0 Å². The third kappa shape index (κ3) is 2.73. The first-order valence-electron chi connectivity index (χ1n) is 6.12. The predicted octanol–water partition coefficient (Wildman–Crippen LogP) is 2.68. The zero-order chi connectivity index (χ0) is 14.8. The molecule has 108 valence electrons. The van der Waals surface area contributed by atoms with E-state index in [0.717, 1.165) is 22.7 Å². The molecular weight excluding hydrogens is 271 g/mol. The Balaban J connectivity index is 2.49. The number of alkyl halides is 3. The van der Waals surface area contributed by atoms with Crippen molar-refractivity contribution >= 4 is 5.82 Å². The summed E-state index contributed by atoms with van der Waals surface area (Å²) in [5.41, 5.74) is -0.195. The molecule has 2 heterocycles. The fraction of sp³-hybridized carbons (Fsp3) is 0.417. The van der Waals surface area contributed by atoms with Crippen LogP contribution in [-0.2, 0) is 12.6 Å². The first-order chi connectivity index (χ1) is 9.47. The van der Waals surface area contributed by atoms with E-state index in [4.69, 9.17) is 0 Å². The van der Waals surface area contributed by atoms with Crippen molar-refractivity contribution in [3.8, 4) is 5.82 Å². The molecule has 1 N–H and O–H groups in total. The SMILES string of the molecule is CCCc1c(NC)ncnc1-n1ccc(C(F)(F)F)n1. The van der Waals surface area contributed by atoms with Crippen LogP contribution >= 0.6 is 0 Å². The van der Waals surface area contributed by atoms with Crippen LogP contribution in [0.3, 0.4) is 0 Å². The number of nitrogens with zero attached hydrogens (tertiary/aromatic N) is 4. The van der Waals surface area contributed by atoms with Crippen LogP contribution in [0.15, 0.2) is 18.6 Å². The summed E-state index contributed by atoms with van der Waals surface area (Å²) in [5.74, 6) is 0.961. The average Bonchev–Trinajstić information content (AvgIpc) is 2.88. The summed E-state index contributed by atoms with van der Waals surface area (Å²) in [6.45, 7) is 1.97. The van der Waals surface area contributed by atoms with Crippen LogP contribution in [-0.4, -0.2) is 26.8 Å². The van der Waals surface area contributed by atoms with Gasteiger partial charge in [0, 0.05) is 18.8 Å². The van der Waals surface area contributed by atoms with Gasteiger partial charge in [-0.1, -0.05) is 13.3 Å². The highest BCUT2D eigenvalue weighted by atomic mass is 19.4. The fourth-order valence-electron chi connectivity index (χ4n) is 1.89. The second-order valence-electron chi connectivity index (χ2n) is 4.17. The second-order valence-corrected chi connectivity index (χ2v) is 4.17. The molecule has 0 aliphatic carbocycles. The van der Waals surface area contributed by atoms with Crippen LogP contribution < -0.4 is 5.32 Å². The maximum Gasteiger partial charge on any atom is 0.435 e. The van der Waals surface area contributed by atoms with Crippen molar-refractivity contribution in [1.82, 2.24) is 19.7 Å². The molecule has 20 heavy (non-hydrogen) atoms. The molecule has 2 aromatic heterocycles. The van der Waals surface area contributed by atoms with Crippen LogP contribution in [0.1, 0.15) is 24.6 Å². The maximum atomic E-state index is 12.6. The van der Waals surface area contributed by atoms with Crippen molar-refractivity contribution in [2.24, 2.45) is 0 Å². The summed E-state index contributed by atoms with van der Waals surface area (Å²) < 4.78 is 38.9. The molecule has 0 bridgehead atoms. The fourth-order valence-corrected chi connectivity index (χ4v) is 1.89. The third-order valence-electron chi connectivity index (χ3n) is 2.76. The van der Waals surface area contributed by atoms with Gasteiger partial charge in [-0.15, -0.1) is 0 Å². The molecule has 2 aromatic rings. The molecule has 0 amide bonds. The monoisotopic (exact) mass is 285 g/mol. The topological polar surface area (TPSA) is 55.6 Å². The van der Waals surface area contributed by atoms with E-state index in [2.05, 4.69) is 20.4 Å². The van der Waals surface area contributed by atoms with Gasteiger partial charge in [0.05, 0.1) is 0 Å². The number of nitrogens with one attached hydrogen (secondary N) is 1. The Morgan fingerprint density at radius 1 is 1.30 bits per heavy atom. The smallest absolute Gasteiger partial charge is 0.373 e. The molecule has 0 spiro atoms. The van der Waals surface area contributed by atoms with E-state index in [1.54, 1.807) is 7.05 Å². The van der Waals surface area contributed by atoms with E-state index >= 15 is 0 Å². The quantitative estimate of drug-likeness (QED) is 0.938. The molecule has 2 rings (SSSR count). The molecular formula is C12H14F3N5. The van der Waals surface area contributed by atoms with Crippen LogP contribution in [0.25, 0.3) is 5.82 Å². The Morgan fingerprint density at radius 2 is 2.05 bits per heavy atom. The van der Waals surface area contributed by atoms with Gasteiger partial charge in [0.2, 0.25) is 0 Å². The van der Waals surface area contributed by atoms with Gasteiger partial charge in [0.15, 0.2) is 11.5 Å². The number of anilines is 1. The van der Waals surface area contributed by atoms with Crippen LogP contribution in [0.4, 0.5) is 19.0 Å². The molecule has 0 radical (unpaired) electrons. The molecule has 0 aliphatic rings. The van der Waals surface area contributed by atoms with Gasteiger partial charge in [0.1, 0.15) is 12.1 Å². The van der Waals surface area contributed by atoms with Gasteiger partial charge in [-0.3, -0.25) is 0 Å². The highest BCUT2D eigenvalue weighted by molar-refractivity contribution is 5.51. The number of hydrogen-bond acceptors (Lipinski definition) is 4. The number of halogens is 3. The van der Waals surface area contributed by atoms with Gasteiger partial charge >= 0.3 is 6.18 Å². The van der Waals surface area contributed by atoms with Crippen LogP contribution in [0.5, 0.6) is 0 Å². The van der Waals surface area contributed by atoms with E-state index in [1.807, 2.05) is 6.92 Å². The highest BCUT2D eigenvalue weighted by Gasteiger charge is 2.34. The standard InChI is InChI=1S/C12H14F3N5/c1-3-4-8-10(16-2)17-7-18-11(8)20-6-5-9(19-20)12(13,14)15/h5-7H,3-4H2,1-2H3,(H,16,17,18). The van der Waals surface area contributed by atoms with Crippen molar-refractivity contribution in [3.63, 3.8) is 0 Å². The van der Waals surface area contributed by atoms with Crippen LogP contribution in [0, 0.1) is 0 Å². The number of rotatable bonds is 4. The number of hydrogen-bond donors (Lipinski definition) is 1. The van der Waals surface area contributed by atoms with Crippen molar-refractivity contribution in [2.45, 2.75) is 25.9 Å². The molecule has 5 nitrogen and oxygen atoms in total. The highest BCUT2D eigenvalue weighted by Crippen LogP contribution is 2.28. The summed E-state index contributed by atoms with van der Waals surface area (Å²) in [6, 6.07) is 0.927. The van der Waals surface area contributed by atoms with Crippen molar-refractivity contribution in [3.05, 3.63) is 29.8 Å². The zero-order valence-electron chi connectivity index (χ0n) is 11.1. The second kappa shape index (κ2) is 5.48. The Bertz CT molecular complexity index is 591. The van der Waals surface area contributed by atoms with Gasteiger partial charge in [-0.05, 0) is 12.5 Å². The Labute approximate surface area is 113 Å². The summed E-state index contributed by atoms with van der Waals surface area (Å²) in [5, 5.41) is 6.46. The minimum Gasteiger partial charge on any atom is -0.373 e. The molecule has 0 saturated heterocycles. The summed E-state index contributed by atoms with van der Waals surface area (Å²) in [6.07, 6.45) is -0.440. The first kappa shape index (κ1) is 14.3. The molecule has 0 fully saturated rings. The van der Waals surface area contributed by atoms with Crippen molar-refractivity contribution in [2.75, 3.05) is 12.4 Å². The minimum atomic E-state index is -4.46. The van der Waals surface area contributed by atoms with Crippen molar-refractivity contribution < 1.29 is 13.2 Å². The molecule has 0 unspecified atom stereocenters. The van der Waals surface area contributed by atoms with Crippen molar-refractivity contribution in [1.29, 1.82) is 0 Å². The minimum absolute atomic E-state index is 0.363. The summed E-state index contributed by atoms with van der Waals surface area (Å²) in [4.78, 5) is 8.13. The van der Waals surface area contributed by atoms with E-state index < -0.39 is 11.9 Å². The first-order valence-corrected chi connectivity index (χ1v) is 6.12. The van der Waals surface area contributed by atoms with E-state index in [0.29, 0.717) is 18.1 Å². The zero-order valence-corrected chi connectivity index (χ0v) is 11.1. The average molecular weight is 285 g/mol. The molecule has 8 heteroatoms. The van der Waals surface area contributed by atoms with Gasteiger partial charge in [-0.25, -0.2) is 14.6 Å². The molecule has 0 saturated carbocycles. The lowest BCUT2D eigenvalue weighted by molar-refractivity contribution is -0.141. The van der Waals surface area contributed by atoms with Gasteiger partial charge < -0.3 is 5.32 Å².